The highest BCUT2D eigenvalue weighted by Crippen LogP contribution is 2.34. The van der Waals surface area contributed by atoms with Crippen LogP contribution in [0.3, 0.4) is 0 Å². The van der Waals surface area contributed by atoms with Crippen molar-refractivity contribution in [2.45, 2.75) is 37.0 Å². The van der Waals surface area contributed by atoms with Crippen LogP contribution >= 0.6 is 11.8 Å². The Labute approximate surface area is 123 Å². The van der Waals surface area contributed by atoms with E-state index in [2.05, 4.69) is 6.26 Å². The summed E-state index contributed by atoms with van der Waals surface area (Å²) in [6.45, 7) is 0. The molecule has 0 aliphatic heterocycles. The molecule has 2 N–H and O–H groups in total. The quantitative estimate of drug-likeness (QED) is 0.921. The van der Waals surface area contributed by atoms with Gasteiger partial charge in [-0.15, -0.1) is 0 Å². The van der Waals surface area contributed by atoms with E-state index in [-0.39, 0.29) is 11.6 Å². The zero-order chi connectivity index (χ0) is 14.1. The molecule has 0 amide bonds. The van der Waals surface area contributed by atoms with Crippen LogP contribution in [-0.2, 0) is 0 Å². The molecule has 3 rings (SSSR count). The lowest BCUT2D eigenvalue weighted by Gasteiger charge is -2.30. The summed E-state index contributed by atoms with van der Waals surface area (Å²) in [5.41, 5.74) is 6.21. The Balaban J connectivity index is 2.02. The van der Waals surface area contributed by atoms with Crippen LogP contribution in [0.15, 0.2) is 35.1 Å². The van der Waals surface area contributed by atoms with Gasteiger partial charge in [-0.05, 0) is 49.5 Å². The van der Waals surface area contributed by atoms with Crippen LogP contribution < -0.4 is 11.3 Å². The van der Waals surface area contributed by atoms with E-state index in [1.165, 1.54) is 12.8 Å². The van der Waals surface area contributed by atoms with Crippen LogP contribution in [0, 0.1) is 0 Å². The second-order valence-corrected chi connectivity index (χ2v) is 6.64. The van der Waals surface area contributed by atoms with Gasteiger partial charge < -0.3 is 5.73 Å². The standard InChI is InChI=1S/C16H20N2OS/c1-20-13-8-6-12(7-9-13)18-15(17)10-11-4-2-3-5-14(11)16(18)19/h2-5,10,12-13H,6-9,17H2,1H3. The number of nitrogen functional groups attached to an aromatic ring is 1. The van der Waals surface area contributed by atoms with Crippen LogP contribution in [0.4, 0.5) is 5.82 Å². The molecule has 0 spiro atoms. The van der Waals surface area contributed by atoms with Gasteiger partial charge >= 0.3 is 0 Å². The van der Waals surface area contributed by atoms with Gasteiger partial charge in [-0.3, -0.25) is 9.36 Å². The molecule has 1 saturated carbocycles. The van der Waals surface area contributed by atoms with Crippen molar-refractivity contribution < 1.29 is 0 Å². The minimum Gasteiger partial charge on any atom is -0.385 e. The first-order valence-electron chi connectivity index (χ1n) is 7.13. The highest BCUT2D eigenvalue weighted by molar-refractivity contribution is 7.99. The minimum atomic E-state index is 0.0631. The molecule has 0 atom stereocenters. The predicted molar refractivity (Wildman–Crippen MR) is 87.4 cm³/mol. The van der Waals surface area contributed by atoms with E-state index in [0.717, 1.165) is 28.9 Å². The molecule has 3 nitrogen and oxygen atoms in total. The Hall–Kier alpha value is -1.42. The number of nitrogens with zero attached hydrogens (tertiary/aromatic N) is 1. The van der Waals surface area contributed by atoms with E-state index in [1.807, 2.05) is 46.7 Å². The van der Waals surface area contributed by atoms with E-state index in [4.69, 9.17) is 5.73 Å². The molecule has 4 heteroatoms. The maximum atomic E-state index is 12.7. The maximum absolute atomic E-state index is 12.7. The van der Waals surface area contributed by atoms with Crippen molar-refractivity contribution in [2.75, 3.05) is 12.0 Å². The zero-order valence-electron chi connectivity index (χ0n) is 11.7. The Morgan fingerprint density at radius 3 is 2.60 bits per heavy atom. The Morgan fingerprint density at radius 1 is 1.20 bits per heavy atom. The molecule has 1 fully saturated rings. The summed E-state index contributed by atoms with van der Waals surface area (Å²) in [6, 6.07) is 9.88. The van der Waals surface area contributed by atoms with Gasteiger partial charge in [0.05, 0.1) is 0 Å². The van der Waals surface area contributed by atoms with Crippen molar-refractivity contribution in [1.82, 2.24) is 4.57 Å². The Morgan fingerprint density at radius 2 is 1.90 bits per heavy atom. The predicted octanol–water partition coefficient (Wildman–Crippen LogP) is 3.43. The summed E-state index contributed by atoms with van der Waals surface area (Å²) >= 11 is 1.94. The lowest BCUT2D eigenvalue weighted by molar-refractivity contribution is 0.357. The molecule has 0 unspecified atom stereocenters. The molecule has 0 radical (unpaired) electrons. The number of anilines is 1. The van der Waals surface area contributed by atoms with Crippen LogP contribution in [0.5, 0.6) is 0 Å². The van der Waals surface area contributed by atoms with E-state index >= 15 is 0 Å². The molecule has 1 aliphatic carbocycles. The summed E-state index contributed by atoms with van der Waals surface area (Å²) < 4.78 is 1.82. The van der Waals surface area contributed by atoms with E-state index < -0.39 is 0 Å². The fraction of sp³-hybridized carbons (Fsp3) is 0.438. The second-order valence-electron chi connectivity index (χ2n) is 5.50. The maximum Gasteiger partial charge on any atom is 0.260 e. The summed E-state index contributed by atoms with van der Waals surface area (Å²) in [5, 5.41) is 2.45. The fourth-order valence-electron chi connectivity index (χ4n) is 3.21. The zero-order valence-corrected chi connectivity index (χ0v) is 12.5. The number of pyridine rings is 1. The summed E-state index contributed by atoms with van der Waals surface area (Å²) in [6.07, 6.45) is 6.61. The third-order valence-corrected chi connectivity index (χ3v) is 5.47. The van der Waals surface area contributed by atoms with Gasteiger partial charge in [0.25, 0.3) is 5.56 Å². The van der Waals surface area contributed by atoms with E-state index in [1.54, 1.807) is 0 Å². The van der Waals surface area contributed by atoms with Crippen molar-refractivity contribution in [3.05, 3.63) is 40.7 Å². The lowest BCUT2D eigenvalue weighted by atomic mass is 9.94. The second kappa shape index (κ2) is 5.52. The Bertz CT molecular complexity index is 672. The largest absolute Gasteiger partial charge is 0.385 e. The normalized spacial score (nSPS) is 23.1. The van der Waals surface area contributed by atoms with Crippen LogP contribution in [0.1, 0.15) is 31.7 Å². The Kier molecular flexibility index (Phi) is 3.74. The van der Waals surface area contributed by atoms with Gasteiger partial charge in [-0.25, -0.2) is 0 Å². The highest BCUT2D eigenvalue weighted by Gasteiger charge is 2.24. The fourth-order valence-corrected chi connectivity index (χ4v) is 3.95. The van der Waals surface area contributed by atoms with Gasteiger partial charge in [-0.2, -0.15) is 11.8 Å². The van der Waals surface area contributed by atoms with Gasteiger partial charge in [-0.1, -0.05) is 18.2 Å². The minimum absolute atomic E-state index is 0.0631. The molecule has 1 aromatic carbocycles. The van der Waals surface area contributed by atoms with E-state index in [0.29, 0.717) is 5.82 Å². The SMILES string of the molecule is CSC1CCC(n2c(N)cc3ccccc3c2=O)CC1. The molecule has 0 saturated heterocycles. The molecule has 1 aliphatic rings. The number of benzene rings is 1. The van der Waals surface area contributed by atoms with Gasteiger partial charge in [0, 0.05) is 16.7 Å². The molecular formula is C16H20N2OS. The average molecular weight is 288 g/mol. The molecule has 20 heavy (non-hydrogen) atoms. The van der Waals surface area contributed by atoms with Gasteiger partial charge in [0.2, 0.25) is 0 Å². The van der Waals surface area contributed by atoms with Crippen molar-refractivity contribution in [3.8, 4) is 0 Å². The van der Waals surface area contributed by atoms with Crippen LogP contribution in [-0.4, -0.2) is 16.1 Å². The first kappa shape index (κ1) is 13.6. The van der Waals surface area contributed by atoms with Crippen molar-refractivity contribution in [2.24, 2.45) is 0 Å². The van der Waals surface area contributed by atoms with Gasteiger partial charge in [0.1, 0.15) is 5.82 Å². The van der Waals surface area contributed by atoms with Crippen LogP contribution in [0.2, 0.25) is 0 Å². The molecule has 1 aromatic heterocycles. The molecule has 1 heterocycles. The van der Waals surface area contributed by atoms with Crippen molar-refractivity contribution in [1.29, 1.82) is 0 Å². The number of rotatable bonds is 2. The highest BCUT2D eigenvalue weighted by atomic mass is 32.2. The monoisotopic (exact) mass is 288 g/mol. The third-order valence-electron chi connectivity index (χ3n) is 4.33. The van der Waals surface area contributed by atoms with Crippen molar-refractivity contribution in [3.63, 3.8) is 0 Å². The average Bonchev–Trinajstić information content (AvgIpc) is 2.48. The smallest absolute Gasteiger partial charge is 0.260 e. The molecule has 2 aromatic rings. The summed E-state index contributed by atoms with van der Waals surface area (Å²) in [4.78, 5) is 12.7. The first-order valence-corrected chi connectivity index (χ1v) is 8.42. The molecule has 106 valence electrons. The third kappa shape index (κ3) is 2.33. The number of nitrogens with two attached hydrogens (primary N) is 1. The number of thioether (sulfide) groups is 1. The topological polar surface area (TPSA) is 48.0 Å². The lowest BCUT2D eigenvalue weighted by Crippen LogP contribution is -2.30. The number of fused-ring (bicyclic) bond motifs is 1. The molecule has 0 bridgehead atoms. The van der Waals surface area contributed by atoms with E-state index in [9.17, 15) is 4.79 Å². The summed E-state index contributed by atoms with van der Waals surface area (Å²) in [5.74, 6) is 0.598. The number of hydrogen-bond acceptors (Lipinski definition) is 3. The van der Waals surface area contributed by atoms with Gasteiger partial charge in [0.15, 0.2) is 0 Å². The molecular weight excluding hydrogens is 268 g/mol. The van der Waals surface area contributed by atoms with Crippen LogP contribution in [0.25, 0.3) is 10.8 Å². The summed E-state index contributed by atoms with van der Waals surface area (Å²) in [7, 11) is 0. The van der Waals surface area contributed by atoms with Crippen molar-refractivity contribution >= 4 is 28.4 Å². The number of hydrogen-bond donors (Lipinski definition) is 1. The number of aromatic nitrogens is 1. The first-order chi connectivity index (χ1) is 9.70.